The smallest absolute Gasteiger partial charge is 0.326 e. The van der Waals surface area contributed by atoms with E-state index in [1.54, 1.807) is 30.3 Å². The number of rotatable bonds is 5. The average Bonchev–Trinajstić information content (AvgIpc) is 2.55. The molecule has 2 amide bonds. The van der Waals surface area contributed by atoms with E-state index in [-0.39, 0.29) is 24.6 Å². The number of carbonyl (C=O) groups excluding carboxylic acids is 2. The van der Waals surface area contributed by atoms with Crippen LogP contribution in [0.4, 0.5) is 24.5 Å². The van der Waals surface area contributed by atoms with Crippen molar-refractivity contribution in [1.82, 2.24) is 0 Å². The fourth-order valence-electron chi connectivity index (χ4n) is 2.28. The molecule has 2 aromatic carbocycles. The quantitative estimate of drug-likeness (QED) is 0.883. The van der Waals surface area contributed by atoms with Gasteiger partial charge in [0, 0.05) is 31.3 Å². The van der Waals surface area contributed by atoms with Gasteiger partial charge in [-0.15, -0.1) is 0 Å². The predicted molar refractivity (Wildman–Crippen MR) is 89.2 cm³/mol. The second-order valence-corrected chi connectivity index (χ2v) is 5.38. The average molecular weight is 350 g/mol. The third-order valence-electron chi connectivity index (χ3n) is 3.49. The molecule has 7 heteroatoms. The number of halogens is 3. The zero-order valence-electron chi connectivity index (χ0n) is 13.5. The molecule has 0 aliphatic heterocycles. The molecule has 0 heterocycles. The number of para-hydroxylation sites is 1. The molecule has 0 radical (unpaired) electrons. The molecule has 25 heavy (non-hydrogen) atoms. The van der Waals surface area contributed by atoms with Crippen molar-refractivity contribution in [3.8, 4) is 0 Å². The maximum Gasteiger partial charge on any atom is 0.416 e. The number of alkyl halides is 3. The van der Waals surface area contributed by atoms with E-state index in [9.17, 15) is 22.8 Å². The van der Waals surface area contributed by atoms with Crippen LogP contribution in [0.3, 0.4) is 0 Å². The van der Waals surface area contributed by atoms with Gasteiger partial charge in [0.2, 0.25) is 11.8 Å². The van der Waals surface area contributed by atoms with Gasteiger partial charge < -0.3 is 10.2 Å². The van der Waals surface area contributed by atoms with Gasteiger partial charge in [-0.2, -0.15) is 13.2 Å². The van der Waals surface area contributed by atoms with Crippen LogP contribution in [0.1, 0.15) is 18.9 Å². The van der Waals surface area contributed by atoms with Crippen LogP contribution in [0.25, 0.3) is 0 Å². The highest BCUT2D eigenvalue weighted by Crippen LogP contribution is 2.31. The van der Waals surface area contributed by atoms with Gasteiger partial charge in [-0.25, -0.2) is 0 Å². The lowest BCUT2D eigenvalue weighted by molar-refractivity contribution is -0.137. The van der Waals surface area contributed by atoms with Crippen molar-refractivity contribution < 1.29 is 22.8 Å². The number of hydrogen-bond donors (Lipinski definition) is 1. The highest BCUT2D eigenvalue weighted by Gasteiger charge is 2.31. The van der Waals surface area contributed by atoms with Crippen molar-refractivity contribution in [2.75, 3.05) is 16.8 Å². The van der Waals surface area contributed by atoms with Crippen molar-refractivity contribution in [1.29, 1.82) is 0 Å². The van der Waals surface area contributed by atoms with E-state index in [1.165, 1.54) is 19.1 Å². The number of nitrogens with one attached hydrogen (secondary N) is 1. The fourth-order valence-corrected chi connectivity index (χ4v) is 2.28. The molecular weight excluding hydrogens is 333 g/mol. The molecule has 0 unspecified atom stereocenters. The normalized spacial score (nSPS) is 11.0. The Balaban J connectivity index is 2.06. The Bertz CT molecular complexity index is 745. The van der Waals surface area contributed by atoms with Gasteiger partial charge in [0.25, 0.3) is 0 Å². The number of nitrogens with zero attached hydrogens (tertiary/aromatic N) is 1. The second kappa shape index (κ2) is 7.83. The molecule has 0 bridgehead atoms. The zero-order chi connectivity index (χ0) is 18.4. The van der Waals surface area contributed by atoms with E-state index in [2.05, 4.69) is 5.32 Å². The molecule has 0 saturated heterocycles. The van der Waals surface area contributed by atoms with Gasteiger partial charge in [-0.3, -0.25) is 9.59 Å². The van der Waals surface area contributed by atoms with Crippen molar-refractivity contribution in [2.45, 2.75) is 19.5 Å². The van der Waals surface area contributed by atoms with Crippen LogP contribution >= 0.6 is 0 Å². The van der Waals surface area contributed by atoms with Crippen molar-refractivity contribution in [3.63, 3.8) is 0 Å². The van der Waals surface area contributed by atoms with Crippen LogP contribution < -0.4 is 10.2 Å². The molecule has 0 aliphatic rings. The van der Waals surface area contributed by atoms with Gasteiger partial charge in [-0.05, 0) is 30.3 Å². The highest BCUT2D eigenvalue weighted by atomic mass is 19.4. The monoisotopic (exact) mass is 350 g/mol. The molecule has 4 nitrogen and oxygen atoms in total. The molecule has 0 saturated carbocycles. The van der Waals surface area contributed by atoms with Gasteiger partial charge in [0.05, 0.1) is 5.56 Å². The summed E-state index contributed by atoms with van der Waals surface area (Å²) < 4.78 is 38.5. The molecule has 132 valence electrons. The maximum absolute atomic E-state index is 12.8. The lowest BCUT2D eigenvalue weighted by atomic mass is 10.1. The van der Waals surface area contributed by atoms with Crippen molar-refractivity contribution in [2.24, 2.45) is 0 Å². The van der Waals surface area contributed by atoms with Crippen LogP contribution in [0.2, 0.25) is 0 Å². The lowest BCUT2D eigenvalue weighted by Gasteiger charge is -2.22. The molecule has 0 spiro atoms. The lowest BCUT2D eigenvalue weighted by Crippen LogP contribution is -2.32. The van der Waals surface area contributed by atoms with E-state index in [0.29, 0.717) is 5.69 Å². The van der Waals surface area contributed by atoms with Crippen LogP contribution in [-0.2, 0) is 15.8 Å². The van der Waals surface area contributed by atoms with E-state index < -0.39 is 17.6 Å². The van der Waals surface area contributed by atoms with Crippen molar-refractivity contribution >= 4 is 23.2 Å². The number of hydrogen-bond acceptors (Lipinski definition) is 2. The summed E-state index contributed by atoms with van der Waals surface area (Å²) in [4.78, 5) is 24.9. The molecule has 0 aliphatic carbocycles. The highest BCUT2D eigenvalue weighted by molar-refractivity contribution is 5.94. The van der Waals surface area contributed by atoms with Crippen LogP contribution in [-0.4, -0.2) is 18.4 Å². The summed E-state index contributed by atoms with van der Waals surface area (Å²) in [7, 11) is 0. The summed E-state index contributed by atoms with van der Waals surface area (Å²) in [6, 6.07) is 13.2. The standard InChI is InChI=1S/C18H17F3N2O2/c1-13(24)23(16-9-5-6-14(12-16)18(19,20)21)11-10-17(25)22-15-7-3-2-4-8-15/h2-9,12H,10-11H2,1H3,(H,22,25). The Morgan fingerprint density at radius 2 is 1.72 bits per heavy atom. The number of amides is 2. The SMILES string of the molecule is CC(=O)N(CCC(=O)Nc1ccccc1)c1cccc(C(F)(F)F)c1. The minimum atomic E-state index is -4.50. The third-order valence-corrected chi connectivity index (χ3v) is 3.49. The summed E-state index contributed by atoms with van der Waals surface area (Å²) in [5, 5.41) is 2.67. The molecule has 2 aromatic rings. The molecule has 0 fully saturated rings. The number of benzene rings is 2. The largest absolute Gasteiger partial charge is 0.416 e. The van der Waals surface area contributed by atoms with Gasteiger partial charge in [0.15, 0.2) is 0 Å². The van der Waals surface area contributed by atoms with E-state index in [1.807, 2.05) is 0 Å². The fraction of sp³-hybridized carbons (Fsp3) is 0.222. The molecule has 0 aromatic heterocycles. The first kappa shape index (κ1) is 18.5. The minimum Gasteiger partial charge on any atom is -0.326 e. The van der Waals surface area contributed by atoms with Gasteiger partial charge in [0.1, 0.15) is 0 Å². The first-order valence-electron chi connectivity index (χ1n) is 7.57. The molecule has 1 N–H and O–H groups in total. The zero-order valence-corrected chi connectivity index (χ0v) is 13.5. The first-order valence-corrected chi connectivity index (χ1v) is 7.57. The number of carbonyl (C=O) groups is 2. The Morgan fingerprint density at radius 3 is 2.32 bits per heavy atom. The Labute approximate surface area is 143 Å². The summed E-state index contributed by atoms with van der Waals surface area (Å²) in [5.41, 5.74) is -0.124. The van der Waals surface area contributed by atoms with E-state index in [4.69, 9.17) is 0 Å². The first-order chi connectivity index (χ1) is 11.8. The van der Waals surface area contributed by atoms with Gasteiger partial charge >= 0.3 is 6.18 Å². The third kappa shape index (κ3) is 5.34. The topological polar surface area (TPSA) is 49.4 Å². The Morgan fingerprint density at radius 1 is 1.04 bits per heavy atom. The number of anilines is 2. The maximum atomic E-state index is 12.8. The predicted octanol–water partition coefficient (Wildman–Crippen LogP) is 4.09. The van der Waals surface area contributed by atoms with Crippen molar-refractivity contribution in [3.05, 3.63) is 60.2 Å². The minimum absolute atomic E-state index is 0.0185. The van der Waals surface area contributed by atoms with Crippen LogP contribution in [0.5, 0.6) is 0 Å². The Hall–Kier alpha value is -2.83. The Kier molecular flexibility index (Phi) is 5.80. The molecule has 2 rings (SSSR count). The molecular formula is C18H17F3N2O2. The van der Waals surface area contributed by atoms with E-state index >= 15 is 0 Å². The second-order valence-electron chi connectivity index (χ2n) is 5.38. The summed E-state index contributed by atoms with van der Waals surface area (Å²) in [6.07, 6.45) is -4.53. The summed E-state index contributed by atoms with van der Waals surface area (Å²) in [5.74, 6) is -0.767. The van der Waals surface area contributed by atoms with Crippen LogP contribution in [0, 0.1) is 0 Å². The van der Waals surface area contributed by atoms with E-state index in [0.717, 1.165) is 17.0 Å². The van der Waals surface area contributed by atoms with Gasteiger partial charge in [-0.1, -0.05) is 24.3 Å². The molecule has 0 atom stereocenters. The summed E-state index contributed by atoms with van der Waals surface area (Å²) in [6.45, 7) is 1.23. The summed E-state index contributed by atoms with van der Waals surface area (Å²) >= 11 is 0. The van der Waals surface area contributed by atoms with Crippen LogP contribution in [0.15, 0.2) is 54.6 Å².